The van der Waals surface area contributed by atoms with Crippen molar-refractivity contribution >= 4 is 91.9 Å². The van der Waals surface area contributed by atoms with Crippen LogP contribution in [-0.4, -0.2) is 162 Å². The van der Waals surface area contributed by atoms with E-state index in [9.17, 15) is 51.9 Å². The second-order valence-corrected chi connectivity index (χ2v) is 22.2. The van der Waals surface area contributed by atoms with Crippen LogP contribution in [0.25, 0.3) is 22.2 Å². The Bertz CT molecular complexity index is 3440. The number of benzene rings is 1. The van der Waals surface area contributed by atoms with E-state index in [1.54, 1.807) is 38.1 Å². The maximum atomic E-state index is 14.9. The number of halogens is 1. The Morgan fingerprint density at radius 3 is 2.32 bits per heavy atom. The van der Waals surface area contributed by atoms with Gasteiger partial charge in [-0.05, 0) is 43.4 Å². The molecule has 0 radical (unpaired) electrons. The fraction of sp³-hybridized carbons (Fsp3) is 0.490. The number of fused-ring (bicyclic) bond motifs is 5. The fourth-order valence-electron chi connectivity index (χ4n) is 9.48. The predicted octanol–water partition coefficient (Wildman–Crippen LogP) is 4.30. The van der Waals surface area contributed by atoms with Crippen molar-refractivity contribution in [1.82, 2.24) is 54.5 Å². The van der Waals surface area contributed by atoms with E-state index in [0.29, 0.717) is 30.5 Å². The van der Waals surface area contributed by atoms with E-state index in [1.807, 2.05) is 0 Å². The maximum absolute atomic E-state index is 14.9. The van der Waals surface area contributed by atoms with Gasteiger partial charge in [0.2, 0.25) is 17.7 Å². The summed E-state index contributed by atoms with van der Waals surface area (Å²) >= 11 is 0. The highest BCUT2D eigenvalue weighted by Gasteiger charge is 2.50. The quantitative estimate of drug-likeness (QED) is 0.0412. The first-order valence-corrected chi connectivity index (χ1v) is 29.1. The number of aromatic amines is 1. The number of hydrogen-bond acceptors (Lipinski definition) is 22. The van der Waals surface area contributed by atoms with Gasteiger partial charge in [0.1, 0.15) is 68.7 Å². The number of rotatable bonds is 20. The minimum Gasteiger partial charge on any atom is -0.447 e. The number of imidazole rings is 1. The van der Waals surface area contributed by atoms with Crippen LogP contribution in [0, 0.1) is 11.7 Å². The zero-order valence-electron chi connectivity index (χ0n) is 46.2. The largest absolute Gasteiger partial charge is 0.697 e. The number of imide groups is 1. The normalized spacial score (nSPS) is 22.3. The van der Waals surface area contributed by atoms with Crippen LogP contribution in [-0.2, 0) is 76.8 Å². The van der Waals surface area contributed by atoms with Crippen LogP contribution in [0.2, 0.25) is 0 Å². The Hall–Kier alpha value is -8.09. The third-order valence-electron chi connectivity index (χ3n) is 14.0. The minimum absolute atomic E-state index is 0.0286. The smallest absolute Gasteiger partial charge is 0.447 e. The Morgan fingerprint density at radius 1 is 0.824 bits per heavy atom. The molecule has 7 amide bonds. The third-order valence-corrected chi connectivity index (χ3v) is 15.6. The number of anilines is 2. The lowest BCUT2D eigenvalue weighted by molar-refractivity contribution is -0.137. The Kier molecular flexibility index (Phi) is 20.1. The number of hydrogen-bond donors (Lipinski definition) is 5. The molecule has 8 heterocycles. The van der Waals surface area contributed by atoms with Gasteiger partial charge in [-0.1, -0.05) is 32.4 Å². The first-order chi connectivity index (χ1) is 40.8. The molecule has 4 aromatic heterocycles. The zero-order valence-corrected chi connectivity index (χ0v) is 47.9. The highest BCUT2D eigenvalue weighted by Crippen LogP contribution is 2.44. The van der Waals surface area contributed by atoms with Crippen LogP contribution in [0.5, 0.6) is 0 Å². The molecular weight excluding hydrogens is 1160 g/mol. The number of amides is 7. The highest BCUT2D eigenvalue weighted by molar-refractivity contribution is 7.33. The van der Waals surface area contributed by atoms with Gasteiger partial charge >= 0.3 is 28.7 Å². The lowest BCUT2D eigenvalue weighted by Gasteiger charge is -2.24. The zero-order chi connectivity index (χ0) is 60.5. The number of likely N-dealkylation sites (N-methyl/N-ethyl adjacent to an activating group) is 1. The summed E-state index contributed by atoms with van der Waals surface area (Å²) in [4.78, 5) is 122. The number of ether oxygens (including phenoxy) is 4. The molecule has 4 aliphatic heterocycles. The van der Waals surface area contributed by atoms with Gasteiger partial charge in [0, 0.05) is 66.0 Å². The van der Waals surface area contributed by atoms with Gasteiger partial charge in [-0.25, -0.2) is 33.9 Å². The van der Waals surface area contributed by atoms with Crippen molar-refractivity contribution in [3.8, 4) is 0 Å². The first kappa shape index (κ1) is 61.5. The van der Waals surface area contributed by atoms with E-state index in [1.165, 1.54) is 46.5 Å². The van der Waals surface area contributed by atoms with E-state index in [0.717, 1.165) is 23.8 Å². The van der Waals surface area contributed by atoms with E-state index in [-0.39, 0.29) is 110 Å². The maximum Gasteiger partial charge on any atom is 0.697 e. The number of unbranched alkanes of at least 4 members (excludes halogenated alkanes) is 2. The molecule has 3 saturated heterocycles. The molecule has 0 aliphatic carbocycles. The first-order valence-electron chi connectivity index (χ1n) is 26.9. The molecule has 2 unspecified atom stereocenters. The van der Waals surface area contributed by atoms with E-state index in [2.05, 4.69) is 46.2 Å². The standard InChI is InChI=1S/C51H58FN13O18P2/c1-27(2)41(60-36(66)8-6-5-7-15-63-37(67)13-14-38(63)68)48(71)58-28(3)46(69)59-30-11-9-29(10-12-30)21-77-51(73)62(4)16-17-76-50(72)61-43-42-45(55-24-53-43)65(26-57-42)39-19-33-35(81-39)23-79-85(75)83-34-18-31(22-78-84(74)82-33)80-49(34)64-20-32(52)40-44(64)54-25-56-47(40)70/h9-14,20,24-28,31,33-35,39,41,49H,5-8,15-19,21-23H2,1-4H3,(H3-2,53,54,55,56,58,59,60,61,66,69,70,71,72)/p+2/t28-,31-,33-,34+,35+,39+,41-,49+/m0/s1. The molecule has 0 spiro atoms. The number of H-pyrrole nitrogens is 1. The van der Waals surface area contributed by atoms with E-state index < -0.39 is 101 Å². The van der Waals surface area contributed by atoms with Crippen molar-refractivity contribution in [3.05, 3.63) is 83.3 Å². The van der Waals surface area contributed by atoms with Gasteiger partial charge in [-0.3, -0.25) is 43.6 Å². The van der Waals surface area contributed by atoms with Crippen LogP contribution in [0.15, 0.2) is 66.4 Å². The molecule has 5 aromatic rings. The van der Waals surface area contributed by atoms with Crippen LogP contribution in [0.3, 0.4) is 0 Å². The Balaban J connectivity index is 0.686. The molecule has 0 saturated carbocycles. The van der Waals surface area contributed by atoms with Gasteiger partial charge in [-0.2, -0.15) is 0 Å². The van der Waals surface area contributed by atoms with Gasteiger partial charge in [-0.15, -0.1) is 18.1 Å². The Labute approximate surface area is 483 Å². The van der Waals surface area contributed by atoms with Crippen molar-refractivity contribution in [2.24, 2.45) is 5.92 Å². The summed E-state index contributed by atoms with van der Waals surface area (Å²) < 4.78 is 89.7. The van der Waals surface area contributed by atoms with Gasteiger partial charge in [0.15, 0.2) is 40.8 Å². The number of nitrogens with one attached hydrogen (secondary N) is 5. The predicted molar refractivity (Wildman–Crippen MR) is 291 cm³/mol. The minimum atomic E-state index is -2.87. The molecule has 85 heavy (non-hydrogen) atoms. The summed E-state index contributed by atoms with van der Waals surface area (Å²) in [5.74, 6) is -3.32. The third kappa shape index (κ3) is 15.2. The molecule has 10 atom stereocenters. The van der Waals surface area contributed by atoms with Crippen LogP contribution in [0.4, 0.5) is 25.5 Å². The van der Waals surface area contributed by atoms with E-state index in [4.69, 9.17) is 37.0 Å². The molecule has 31 nitrogen and oxygen atoms in total. The molecule has 3 fully saturated rings. The fourth-order valence-corrected chi connectivity index (χ4v) is 11.0. The summed E-state index contributed by atoms with van der Waals surface area (Å²) in [5.41, 5.74) is 0.556. The molecular formula is C51H60FN13O18P2+2. The summed E-state index contributed by atoms with van der Waals surface area (Å²) in [6, 6.07) is 4.54. The summed E-state index contributed by atoms with van der Waals surface area (Å²) in [7, 11) is -4.22. The second kappa shape index (κ2) is 27.7. The van der Waals surface area contributed by atoms with Gasteiger partial charge < -0.3 is 49.3 Å². The lowest BCUT2D eigenvalue weighted by atomic mass is 10.0. The molecule has 2 bridgehead atoms. The number of carbonyl (C=O) groups is 7. The van der Waals surface area contributed by atoms with E-state index >= 15 is 0 Å². The van der Waals surface area contributed by atoms with Crippen molar-refractivity contribution in [2.75, 3.05) is 50.6 Å². The molecule has 1 aromatic carbocycles. The van der Waals surface area contributed by atoms with Crippen molar-refractivity contribution in [2.45, 2.75) is 115 Å². The van der Waals surface area contributed by atoms with Crippen LogP contribution in [0.1, 0.15) is 77.3 Å². The molecule has 452 valence electrons. The van der Waals surface area contributed by atoms with Gasteiger partial charge in [0.05, 0.1) is 25.3 Å². The SMILES string of the molecule is CC(C)[C@H](NC(=O)CCCCCN1C(=O)C=CC1=O)C(=O)N[C@@H](C)C(=O)Nc1ccc(COC(=O)N(C)CCOC(=O)Nc2ncnc3c2ncn3[C@H]2C[C@@H]3O[P+](=O)OC[C@@H]4C[C@@H](O[P+](=O)OC[C@H]3O2)[C@H](n2cc(F)c3c(=O)[nH]cnc32)O4)cc1. The number of nitrogens with zero attached hydrogens (tertiary/aromatic N) is 8. The summed E-state index contributed by atoms with van der Waals surface area (Å²) in [5, 5.41) is 10.3. The lowest BCUT2D eigenvalue weighted by Crippen LogP contribution is -2.53. The van der Waals surface area contributed by atoms with Crippen molar-refractivity contribution < 1.29 is 84.1 Å². The van der Waals surface area contributed by atoms with Crippen molar-refractivity contribution in [3.63, 3.8) is 0 Å². The molecule has 5 N–H and O–H groups in total. The topological polar surface area (TPSA) is 376 Å². The monoisotopic (exact) mass is 1220 g/mol. The average molecular weight is 1220 g/mol. The van der Waals surface area contributed by atoms with Crippen LogP contribution < -0.4 is 26.8 Å². The summed E-state index contributed by atoms with van der Waals surface area (Å²) in [6.45, 7) is 4.19. The number of aromatic nitrogens is 7. The molecule has 4 aliphatic rings. The number of carbonyl (C=O) groups excluding carboxylic acids is 7. The molecule has 34 heteroatoms. The van der Waals surface area contributed by atoms with Gasteiger partial charge in [0.25, 0.3) is 17.4 Å². The summed E-state index contributed by atoms with van der Waals surface area (Å²) in [6.07, 6.45) is 1.55. The Morgan fingerprint density at radius 2 is 1.56 bits per heavy atom. The highest BCUT2D eigenvalue weighted by atomic mass is 31.1. The van der Waals surface area contributed by atoms with Crippen molar-refractivity contribution in [1.29, 1.82) is 0 Å². The average Bonchev–Trinajstić information content (AvgIpc) is 2.37. The molecule has 9 rings (SSSR count). The van der Waals surface area contributed by atoms with Crippen LogP contribution >= 0.6 is 16.5 Å². The second-order valence-electron chi connectivity index (χ2n) is 20.4.